The standard InChI is InChI=1S/C9H14O/c1-7-3-8(2)5-9(4-7)6-10/h4,6-8H,3,5H2,1-2H3. The monoisotopic (exact) mass is 138 g/mol. The Labute approximate surface area is 62.1 Å². The number of rotatable bonds is 1. The summed E-state index contributed by atoms with van der Waals surface area (Å²) in [6, 6.07) is 0. The molecule has 0 saturated carbocycles. The van der Waals surface area contributed by atoms with E-state index in [1.54, 1.807) is 0 Å². The van der Waals surface area contributed by atoms with Crippen LogP contribution in [0.1, 0.15) is 26.7 Å². The van der Waals surface area contributed by atoms with E-state index in [9.17, 15) is 4.79 Å². The molecule has 0 amide bonds. The van der Waals surface area contributed by atoms with Gasteiger partial charge in [0.25, 0.3) is 0 Å². The Hall–Kier alpha value is -0.590. The first kappa shape index (κ1) is 7.52. The normalized spacial score (nSPS) is 33.2. The highest BCUT2D eigenvalue weighted by atomic mass is 16.1. The van der Waals surface area contributed by atoms with Crippen molar-refractivity contribution in [3.05, 3.63) is 11.6 Å². The summed E-state index contributed by atoms with van der Waals surface area (Å²) in [5.74, 6) is 1.30. The minimum Gasteiger partial charge on any atom is -0.298 e. The topological polar surface area (TPSA) is 17.1 Å². The van der Waals surface area contributed by atoms with Gasteiger partial charge in [-0.2, -0.15) is 0 Å². The molecular weight excluding hydrogens is 124 g/mol. The van der Waals surface area contributed by atoms with Crippen LogP contribution in [0.3, 0.4) is 0 Å². The van der Waals surface area contributed by atoms with Gasteiger partial charge in [0.2, 0.25) is 0 Å². The maximum Gasteiger partial charge on any atom is 0.145 e. The van der Waals surface area contributed by atoms with Gasteiger partial charge < -0.3 is 0 Å². The predicted octanol–water partition coefficient (Wildman–Crippen LogP) is 2.18. The quantitative estimate of drug-likeness (QED) is 0.507. The lowest BCUT2D eigenvalue weighted by Gasteiger charge is -2.20. The lowest BCUT2D eigenvalue weighted by Crippen LogP contribution is -2.09. The zero-order valence-electron chi connectivity index (χ0n) is 6.63. The Kier molecular flexibility index (Phi) is 2.25. The molecule has 2 unspecified atom stereocenters. The second-order valence-electron chi connectivity index (χ2n) is 3.38. The Morgan fingerprint density at radius 1 is 1.60 bits per heavy atom. The molecule has 0 heterocycles. The molecule has 0 aromatic rings. The number of aldehydes is 1. The van der Waals surface area contributed by atoms with Gasteiger partial charge in [-0.3, -0.25) is 4.79 Å². The van der Waals surface area contributed by atoms with Gasteiger partial charge in [0.15, 0.2) is 0 Å². The van der Waals surface area contributed by atoms with Gasteiger partial charge in [-0.25, -0.2) is 0 Å². The molecule has 0 aromatic carbocycles. The highest BCUT2D eigenvalue weighted by Crippen LogP contribution is 2.26. The van der Waals surface area contributed by atoms with Crippen molar-refractivity contribution in [2.75, 3.05) is 0 Å². The fourth-order valence-electron chi connectivity index (χ4n) is 1.71. The largest absolute Gasteiger partial charge is 0.298 e. The summed E-state index contributed by atoms with van der Waals surface area (Å²) in [7, 11) is 0. The first-order valence-electron chi connectivity index (χ1n) is 3.88. The first-order chi connectivity index (χ1) is 4.72. The van der Waals surface area contributed by atoms with Crippen LogP contribution >= 0.6 is 0 Å². The Morgan fingerprint density at radius 2 is 2.30 bits per heavy atom. The zero-order chi connectivity index (χ0) is 7.56. The van der Waals surface area contributed by atoms with Crippen molar-refractivity contribution in [3.63, 3.8) is 0 Å². The number of carbonyl (C=O) groups is 1. The fraction of sp³-hybridized carbons (Fsp3) is 0.667. The van der Waals surface area contributed by atoms with Crippen molar-refractivity contribution >= 4 is 6.29 Å². The molecule has 56 valence electrons. The average molecular weight is 138 g/mol. The van der Waals surface area contributed by atoms with E-state index in [-0.39, 0.29) is 0 Å². The van der Waals surface area contributed by atoms with Gasteiger partial charge >= 0.3 is 0 Å². The molecule has 0 aromatic heterocycles. The van der Waals surface area contributed by atoms with Crippen LogP contribution in [0, 0.1) is 11.8 Å². The van der Waals surface area contributed by atoms with Gasteiger partial charge in [0, 0.05) is 0 Å². The molecule has 0 aliphatic heterocycles. The molecule has 0 saturated heterocycles. The van der Waals surface area contributed by atoms with E-state index in [0.29, 0.717) is 11.8 Å². The molecule has 0 bridgehead atoms. The van der Waals surface area contributed by atoms with Crippen molar-refractivity contribution in [1.29, 1.82) is 0 Å². The van der Waals surface area contributed by atoms with E-state index in [4.69, 9.17) is 0 Å². The Bertz CT molecular complexity index is 158. The fourth-order valence-corrected chi connectivity index (χ4v) is 1.71. The molecule has 1 aliphatic carbocycles. The van der Waals surface area contributed by atoms with E-state index in [1.165, 1.54) is 6.42 Å². The maximum absolute atomic E-state index is 10.4. The van der Waals surface area contributed by atoms with Crippen LogP contribution in [0.2, 0.25) is 0 Å². The second kappa shape index (κ2) is 3.00. The van der Waals surface area contributed by atoms with Crippen LogP contribution in [0.5, 0.6) is 0 Å². The summed E-state index contributed by atoms with van der Waals surface area (Å²) in [5.41, 5.74) is 0.992. The van der Waals surface area contributed by atoms with Crippen LogP contribution in [-0.2, 0) is 4.79 Å². The van der Waals surface area contributed by atoms with Crippen LogP contribution in [0.4, 0.5) is 0 Å². The Morgan fingerprint density at radius 3 is 2.80 bits per heavy atom. The molecule has 10 heavy (non-hydrogen) atoms. The summed E-state index contributed by atoms with van der Waals surface area (Å²) in [5, 5.41) is 0. The molecule has 0 N–H and O–H groups in total. The summed E-state index contributed by atoms with van der Waals surface area (Å²) in [6.07, 6.45) is 5.30. The summed E-state index contributed by atoms with van der Waals surface area (Å²) in [6.45, 7) is 4.37. The van der Waals surface area contributed by atoms with Crippen LogP contribution in [-0.4, -0.2) is 6.29 Å². The second-order valence-corrected chi connectivity index (χ2v) is 3.38. The van der Waals surface area contributed by atoms with Gasteiger partial charge in [-0.1, -0.05) is 19.9 Å². The molecule has 2 atom stereocenters. The molecule has 1 rings (SSSR count). The summed E-state index contributed by atoms with van der Waals surface area (Å²) in [4.78, 5) is 10.4. The van der Waals surface area contributed by atoms with Crippen molar-refractivity contribution in [1.82, 2.24) is 0 Å². The number of carbonyl (C=O) groups excluding carboxylic acids is 1. The third kappa shape index (κ3) is 1.69. The van der Waals surface area contributed by atoms with Gasteiger partial charge in [-0.15, -0.1) is 0 Å². The lowest BCUT2D eigenvalue weighted by molar-refractivity contribution is -0.105. The van der Waals surface area contributed by atoms with Crippen molar-refractivity contribution in [2.45, 2.75) is 26.7 Å². The van der Waals surface area contributed by atoms with Crippen LogP contribution in [0.15, 0.2) is 11.6 Å². The molecule has 1 heteroatoms. The predicted molar refractivity (Wildman–Crippen MR) is 41.7 cm³/mol. The van der Waals surface area contributed by atoms with E-state index < -0.39 is 0 Å². The molecule has 0 fully saturated rings. The molecule has 0 spiro atoms. The van der Waals surface area contributed by atoms with Gasteiger partial charge in [0.05, 0.1) is 0 Å². The third-order valence-electron chi connectivity index (χ3n) is 2.01. The lowest BCUT2D eigenvalue weighted by atomic mass is 9.85. The first-order valence-corrected chi connectivity index (χ1v) is 3.88. The van der Waals surface area contributed by atoms with E-state index in [1.807, 2.05) is 0 Å². The zero-order valence-corrected chi connectivity index (χ0v) is 6.63. The van der Waals surface area contributed by atoms with E-state index >= 15 is 0 Å². The smallest absolute Gasteiger partial charge is 0.145 e. The molecular formula is C9H14O. The van der Waals surface area contributed by atoms with Crippen molar-refractivity contribution in [3.8, 4) is 0 Å². The SMILES string of the molecule is CC1C=C(C=O)CC(C)C1. The summed E-state index contributed by atoms with van der Waals surface area (Å²) >= 11 is 0. The number of hydrogen-bond donors (Lipinski definition) is 0. The van der Waals surface area contributed by atoms with Gasteiger partial charge in [0.1, 0.15) is 6.29 Å². The van der Waals surface area contributed by atoms with Crippen LogP contribution < -0.4 is 0 Å². The number of allylic oxidation sites excluding steroid dienone is 2. The third-order valence-corrected chi connectivity index (χ3v) is 2.01. The van der Waals surface area contributed by atoms with E-state index in [0.717, 1.165) is 18.3 Å². The molecule has 1 aliphatic rings. The van der Waals surface area contributed by atoms with Gasteiger partial charge in [-0.05, 0) is 30.3 Å². The Balaban J connectivity index is 2.65. The highest BCUT2D eigenvalue weighted by Gasteiger charge is 2.14. The van der Waals surface area contributed by atoms with Crippen molar-refractivity contribution in [2.24, 2.45) is 11.8 Å². The van der Waals surface area contributed by atoms with Crippen LogP contribution in [0.25, 0.3) is 0 Å². The van der Waals surface area contributed by atoms with E-state index in [2.05, 4.69) is 19.9 Å². The molecule has 1 nitrogen and oxygen atoms in total. The molecule has 0 radical (unpaired) electrons. The minimum atomic E-state index is 0.601. The minimum absolute atomic E-state index is 0.601. The maximum atomic E-state index is 10.4. The number of hydrogen-bond acceptors (Lipinski definition) is 1. The average Bonchev–Trinajstić information content (AvgIpc) is 1.85. The summed E-state index contributed by atoms with van der Waals surface area (Å²) < 4.78 is 0. The van der Waals surface area contributed by atoms with Crippen molar-refractivity contribution < 1.29 is 4.79 Å². The highest BCUT2D eigenvalue weighted by molar-refractivity contribution is 5.73.